The van der Waals surface area contributed by atoms with E-state index >= 15 is 0 Å². The van der Waals surface area contributed by atoms with Crippen molar-refractivity contribution in [1.29, 1.82) is 0 Å². The molecule has 0 radical (unpaired) electrons. The molecule has 3 rings (SSSR count). The Bertz CT molecular complexity index is 977. The zero-order valence-corrected chi connectivity index (χ0v) is 16.5. The Morgan fingerprint density at radius 3 is 2.57 bits per heavy atom. The van der Waals surface area contributed by atoms with Gasteiger partial charge in [0.2, 0.25) is 11.8 Å². The fraction of sp³-hybridized carbons (Fsp3) is 0.286. The SMILES string of the molecule is Cc1cc(C(=O)N2CCCC2C(=O)NCC(=O)Nc2ccccc2)ccc1[N+](=O)[O-]. The number of nitrogens with one attached hydrogen (secondary N) is 2. The first kappa shape index (κ1) is 21.0. The van der Waals surface area contributed by atoms with Gasteiger partial charge in [0.05, 0.1) is 11.5 Å². The van der Waals surface area contributed by atoms with E-state index in [9.17, 15) is 24.5 Å². The van der Waals surface area contributed by atoms with Crippen LogP contribution in [0.3, 0.4) is 0 Å². The van der Waals surface area contributed by atoms with Crippen molar-refractivity contribution in [1.82, 2.24) is 10.2 Å². The van der Waals surface area contributed by atoms with Crippen LogP contribution < -0.4 is 10.6 Å². The molecule has 3 amide bonds. The van der Waals surface area contributed by atoms with Gasteiger partial charge in [-0.25, -0.2) is 0 Å². The van der Waals surface area contributed by atoms with Gasteiger partial charge in [-0.2, -0.15) is 0 Å². The summed E-state index contributed by atoms with van der Waals surface area (Å²) in [5.41, 5.74) is 1.23. The maximum Gasteiger partial charge on any atom is 0.272 e. The molecule has 9 nitrogen and oxygen atoms in total. The lowest BCUT2D eigenvalue weighted by Crippen LogP contribution is -2.47. The molecule has 1 saturated heterocycles. The minimum atomic E-state index is -0.683. The highest BCUT2D eigenvalue weighted by Crippen LogP contribution is 2.24. The molecule has 1 atom stereocenters. The second-order valence-corrected chi connectivity index (χ2v) is 7.05. The number of para-hydroxylation sites is 1. The Morgan fingerprint density at radius 2 is 1.90 bits per heavy atom. The first-order chi connectivity index (χ1) is 14.4. The van der Waals surface area contributed by atoms with E-state index in [0.29, 0.717) is 36.2 Å². The van der Waals surface area contributed by atoms with Gasteiger partial charge < -0.3 is 15.5 Å². The van der Waals surface area contributed by atoms with E-state index in [4.69, 9.17) is 0 Å². The molecule has 2 N–H and O–H groups in total. The molecule has 1 fully saturated rings. The van der Waals surface area contributed by atoms with Gasteiger partial charge in [0.15, 0.2) is 0 Å². The quantitative estimate of drug-likeness (QED) is 0.559. The third kappa shape index (κ3) is 4.80. The minimum absolute atomic E-state index is 0.0632. The van der Waals surface area contributed by atoms with Crippen molar-refractivity contribution in [2.45, 2.75) is 25.8 Å². The van der Waals surface area contributed by atoms with Crippen LogP contribution in [-0.2, 0) is 9.59 Å². The van der Waals surface area contributed by atoms with E-state index in [1.165, 1.54) is 23.1 Å². The lowest BCUT2D eigenvalue weighted by molar-refractivity contribution is -0.385. The summed E-state index contributed by atoms with van der Waals surface area (Å²) < 4.78 is 0. The van der Waals surface area contributed by atoms with Crippen LogP contribution in [0, 0.1) is 17.0 Å². The Morgan fingerprint density at radius 1 is 1.17 bits per heavy atom. The molecule has 0 saturated carbocycles. The standard InChI is InChI=1S/C21H22N4O5/c1-14-12-15(9-10-17(14)25(29)30)21(28)24-11-5-8-18(24)20(27)22-13-19(26)23-16-6-3-2-4-7-16/h2-4,6-7,9-10,12,18H,5,8,11,13H2,1H3,(H,22,27)(H,23,26). The summed E-state index contributed by atoms with van der Waals surface area (Å²) in [5, 5.41) is 16.2. The molecule has 1 aliphatic rings. The first-order valence-corrected chi connectivity index (χ1v) is 9.55. The Kier molecular flexibility index (Phi) is 6.41. The van der Waals surface area contributed by atoms with Crippen molar-refractivity contribution >= 4 is 29.1 Å². The number of nitro benzene ring substituents is 1. The molecule has 0 aromatic heterocycles. The Labute approximate surface area is 173 Å². The van der Waals surface area contributed by atoms with Gasteiger partial charge in [-0.15, -0.1) is 0 Å². The zero-order valence-electron chi connectivity index (χ0n) is 16.5. The normalized spacial score (nSPS) is 15.5. The van der Waals surface area contributed by atoms with Crippen molar-refractivity contribution in [2.24, 2.45) is 0 Å². The van der Waals surface area contributed by atoms with Crippen LogP contribution in [0.25, 0.3) is 0 Å². The molecule has 0 bridgehead atoms. The molecule has 2 aromatic rings. The smallest absolute Gasteiger partial charge is 0.272 e. The van der Waals surface area contributed by atoms with Crippen LogP contribution in [0.4, 0.5) is 11.4 Å². The topological polar surface area (TPSA) is 122 Å². The van der Waals surface area contributed by atoms with Crippen LogP contribution in [0.15, 0.2) is 48.5 Å². The van der Waals surface area contributed by atoms with Crippen LogP contribution in [-0.4, -0.2) is 46.7 Å². The highest BCUT2D eigenvalue weighted by molar-refractivity contribution is 5.99. The number of benzene rings is 2. The second kappa shape index (κ2) is 9.17. The van der Waals surface area contributed by atoms with E-state index in [0.717, 1.165) is 0 Å². The summed E-state index contributed by atoms with van der Waals surface area (Å²) in [6.07, 6.45) is 1.15. The number of amides is 3. The van der Waals surface area contributed by atoms with Gasteiger partial charge in [-0.05, 0) is 44.0 Å². The van der Waals surface area contributed by atoms with Gasteiger partial charge in [0.25, 0.3) is 11.6 Å². The lowest BCUT2D eigenvalue weighted by Gasteiger charge is -2.24. The fourth-order valence-electron chi connectivity index (χ4n) is 3.45. The van der Waals surface area contributed by atoms with Gasteiger partial charge in [-0.3, -0.25) is 24.5 Å². The summed E-state index contributed by atoms with van der Waals surface area (Å²) in [7, 11) is 0. The number of hydrogen-bond donors (Lipinski definition) is 2. The molecular formula is C21H22N4O5. The Balaban J connectivity index is 1.61. The average molecular weight is 410 g/mol. The zero-order chi connectivity index (χ0) is 21.7. The molecule has 9 heteroatoms. The van der Waals surface area contributed by atoms with Crippen LogP contribution >= 0.6 is 0 Å². The summed E-state index contributed by atoms with van der Waals surface area (Å²) in [6.45, 7) is 1.76. The average Bonchev–Trinajstić information content (AvgIpc) is 3.22. The lowest BCUT2D eigenvalue weighted by atomic mass is 10.1. The van der Waals surface area contributed by atoms with Crippen molar-refractivity contribution in [3.8, 4) is 0 Å². The van der Waals surface area contributed by atoms with Gasteiger partial charge in [0, 0.05) is 29.4 Å². The summed E-state index contributed by atoms with van der Waals surface area (Å²) >= 11 is 0. The number of carbonyl (C=O) groups is 3. The molecule has 156 valence electrons. The largest absolute Gasteiger partial charge is 0.345 e. The molecule has 2 aromatic carbocycles. The van der Waals surface area contributed by atoms with Crippen molar-refractivity contribution in [3.05, 3.63) is 69.8 Å². The number of carbonyl (C=O) groups excluding carboxylic acids is 3. The fourth-order valence-corrected chi connectivity index (χ4v) is 3.45. The molecular weight excluding hydrogens is 388 g/mol. The summed E-state index contributed by atoms with van der Waals surface area (Å²) in [4.78, 5) is 49.4. The molecule has 1 unspecified atom stereocenters. The van der Waals surface area contributed by atoms with Crippen molar-refractivity contribution in [3.63, 3.8) is 0 Å². The number of aryl methyl sites for hydroxylation is 1. The molecule has 1 heterocycles. The Hall–Kier alpha value is -3.75. The first-order valence-electron chi connectivity index (χ1n) is 9.55. The highest BCUT2D eigenvalue weighted by Gasteiger charge is 2.35. The number of likely N-dealkylation sites (tertiary alicyclic amines) is 1. The number of anilines is 1. The number of rotatable bonds is 6. The van der Waals surface area contributed by atoms with Gasteiger partial charge >= 0.3 is 0 Å². The number of nitrogens with zero attached hydrogens (tertiary/aromatic N) is 2. The second-order valence-electron chi connectivity index (χ2n) is 7.05. The monoisotopic (exact) mass is 410 g/mol. The number of hydrogen-bond acceptors (Lipinski definition) is 5. The minimum Gasteiger partial charge on any atom is -0.345 e. The van der Waals surface area contributed by atoms with E-state index in [2.05, 4.69) is 10.6 Å². The third-order valence-corrected chi connectivity index (χ3v) is 4.94. The predicted molar refractivity (Wildman–Crippen MR) is 110 cm³/mol. The van der Waals surface area contributed by atoms with Crippen molar-refractivity contribution < 1.29 is 19.3 Å². The van der Waals surface area contributed by atoms with E-state index in [1.807, 2.05) is 6.07 Å². The summed E-state index contributed by atoms with van der Waals surface area (Å²) in [5.74, 6) is -1.13. The van der Waals surface area contributed by atoms with Crippen LogP contribution in [0.1, 0.15) is 28.8 Å². The van der Waals surface area contributed by atoms with E-state index in [1.54, 1.807) is 31.2 Å². The highest BCUT2D eigenvalue weighted by atomic mass is 16.6. The molecule has 0 aliphatic carbocycles. The van der Waals surface area contributed by atoms with E-state index < -0.39 is 16.9 Å². The summed E-state index contributed by atoms with van der Waals surface area (Å²) in [6, 6.07) is 12.3. The maximum atomic E-state index is 12.9. The predicted octanol–water partition coefficient (Wildman–Crippen LogP) is 2.26. The molecule has 0 spiro atoms. The molecule has 30 heavy (non-hydrogen) atoms. The van der Waals surface area contributed by atoms with Crippen molar-refractivity contribution in [2.75, 3.05) is 18.4 Å². The molecule has 1 aliphatic heterocycles. The van der Waals surface area contributed by atoms with Gasteiger partial charge in [0.1, 0.15) is 6.04 Å². The maximum absolute atomic E-state index is 12.9. The third-order valence-electron chi connectivity index (χ3n) is 4.94. The van der Waals surface area contributed by atoms with Gasteiger partial charge in [-0.1, -0.05) is 18.2 Å². The number of nitro groups is 1. The van der Waals surface area contributed by atoms with Crippen LogP contribution in [0.2, 0.25) is 0 Å². The van der Waals surface area contributed by atoms with E-state index in [-0.39, 0.29) is 24.0 Å². The van der Waals surface area contributed by atoms with Crippen LogP contribution in [0.5, 0.6) is 0 Å².